The Bertz CT molecular complexity index is 355. The van der Waals surface area contributed by atoms with Crippen LogP contribution < -0.4 is 5.73 Å². The summed E-state index contributed by atoms with van der Waals surface area (Å²) >= 11 is 0. The van der Waals surface area contributed by atoms with E-state index >= 15 is 0 Å². The number of nitrogens with zero attached hydrogens (tertiary/aromatic N) is 1. The predicted octanol–water partition coefficient (Wildman–Crippen LogP) is 3.11. The van der Waals surface area contributed by atoms with E-state index in [-0.39, 0.29) is 6.04 Å². The summed E-state index contributed by atoms with van der Waals surface area (Å²) in [6, 6.07) is 5.13. The zero-order chi connectivity index (χ0) is 13.0. The molecule has 1 heterocycles. The van der Waals surface area contributed by atoms with Gasteiger partial charge in [-0.25, -0.2) is 0 Å². The maximum Gasteiger partial charge on any atom is 0.122 e. The Kier molecular flexibility index (Phi) is 4.84. The first kappa shape index (κ1) is 13.6. The van der Waals surface area contributed by atoms with Crippen molar-refractivity contribution in [1.82, 2.24) is 4.90 Å². The number of aryl methyl sites for hydroxylation is 1. The minimum Gasteiger partial charge on any atom is -0.464 e. The van der Waals surface area contributed by atoms with Crippen LogP contribution in [0.4, 0.5) is 0 Å². The van der Waals surface area contributed by atoms with Crippen LogP contribution in [-0.4, -0.2) is 24.0 Å². The maximum atomic E-state index is 6.00. The van der Waals surface area contributed by atoms with Gasteiger partial charge in [0.2, 0.25) is 0 Å². The van der Waals surface area contributed by atoms with Crippen LogP contribution in [0.5, 0.6) is 0 Å². The Morgan fingerprint density at radius 1 is 1.33 bits per heavy atom. The molecule has 0 radical (unpaired) electrons. The minimum atomic E-state index is 0.249. The first-order valence-electron chi connectivity index (χ1n) is 7.34. The summed E-state index contributed by atoms with van der Waals surface area (Å²) in [5, 5.41) is 0. The van der Waals surface area contributed by atoms with Crippen LogP contribution in [0, 0.1) is 0 Å². The molecule has 0 bridgehead atoms. The Morgan fingerprint density at radius 2 is 2.06 bits per heavy atom. The second kappa shape index (κ2) is 6.39. The number of likely N-dealkylation sites (N-methyl/N-ethyl adjacent to an activating group) is 1. The largest absolute Gasteiger partial charge is 0.464 e. The van der Waals surface area contributed by atoms with E-state index in [1.807, 2.05) is 0 Å². The van der Waals surface area contributed by atoms with Crippen LogP contribution in [0.25, 0.3) is 0 Å². The maximum absolute atomic E-state index is 6.00. The van der Waals surface area contributed by atoms with Crippen molar-refractivity contribution in [3.05, 3.63) is 23.7 Å². The van der Waals surface area contributed by atoms with Gasteiger partial charge in [0.15, 0.2) is 0 Å². The predicted molar refractivity (Wildman–Crippen MR) is 74.5 cm³/mol. The molecule has 0 aromatic carbocycles. The Morgan fingerprint density at radius 3 is 2.56 bits per heavy atom. The highest BCUT2D eigenvalue weighted by atomic mass is 16.3. The van der Waals surface area contributed by atoms with Crippen LogP contribution in [-0.2, 0) is 6.42 Å². The zero-order valence-electron chi connectivity index (χ0n) is 11.7. The molecule has 1 fully saturated rings. The van der Waals surface area contributed by atoms with E-state index in [0.29, 0.717) is 12.6 Å². The fourth-order valence-corrected chi connectivity index (χ4v) is 3.15. The molecule has 1 aliphatic rings. The van der Waals surface area contributed by atoms with Gasteiger partial charge < -0.3 is 10.2 Å². The van der Waals surface area contributed by atoms with E-state index in [2.05, 4.69) is 30.9 Å². The molecule has 0 spiro atoms. The molecule has 3 nitrogen and oxygen atoms in total. The molecular formula is C15H26N2O. The van der Waals surface area contributed by atoms with Crippen molar-refractivity contribution in [2.24, 2.45) is 5.73 Å². The van der Waals surface area contributed by atoms with Crippen molar-refractivity contribution >= 4 is 0 Å². The normalized spacial score (nSPS) is 18.7. The molecule has 1 saturated carbocycles. The standard InChI is InChI=1S/C15H26N2O/c1-3-13-9-10-15(18-13)14(11-16)17(4-2)12-7-5-6-8-12/h9-10,12,14H,3-8,11,16H2,1-2H3. The molecule has 1 aliphatic carbocycles. The highest BCUT2D eigenvalue weighted by Gasteiger charge is 2.29. The van der Waals surface area contributed by atoms with Crippen molar-refractivity contribution < 1.29 is 4.42 Å². The number of furan rings is 1. The van der Waals surface area contributed by atoms with Gasteiger partial charge in [-0.15, -0.1) is 0 Å². The number of hydrogen-bond donors (Lipinski definition) is 1. The minimum absolute atomic E-state index is 0.249. The molecule has 18 heavy (non-hydrogen) atoms. The highest BCUT2D eigenvalue weighted by Crippen LogP contribution is 2.31. The molecule has 2 rings (SSSR count). The van der Waals surface area contributed by atoms with Crippen LogP contribution in [0.15, 0.2) is 16.5 Å². The molecule has 102 valence electrons. The van der Waals surface area contributed by atoms with Crippen LogP contribution in [0.1, 0.15) is 57.1 Å². The van der Waals surface area contributed by atoms with Crippen molar-refractivity contribution in [2.45, 2.75) is 58.0 Å². The first-order chi connectivity index (χ1) is 8.80. The first-order valence-corrected chi connectivity index (χ1v) is 7.34. The summed E-state index contributed by atoms with van der Waals surface area (Å²) in [6.45, 7) is 6.04. The lowest BCUT2D eigenvalue weighted by Gasteiger charge is -2.33. The van der Waals surface area contributed by atoms with Gasteiger partial charge in [-0.2, -0.15) is 0 Å². The summed E-state index contributed by atoms with van der Waals surface area (Å²) in [5.41, 5.74) is 6.00. The summed E-state index contributed by atoms with van der Waals surface area (Å²) in [5.74, 6) is 2.11. The van der Waals surface area contributed by atoms with Gasteiger partial charge in [0.1, 0.15) is 11.5 Å². The lowest BCUT2D eigenvalue weighted by Crippen LogP contribution is -2.39. The molecule has 2 N–H and O–H groups in total. The summed E-state index contributed by atoms with van der Waals surface area (Å²) in [7, 11) is 0. The lowest BCUT2D eigenvalue weighted by atomic mass is 10.1. The van der Waals surface area contributed by atoms with Crippen molar-refractivity contribution in [3.8, 4) is 0 Å². The third-order valence-corrected chi connectivity index (χ3v) is 4.14. The summed E-state index contributed by atoms with van der Waals surface area (Å²) in [6.07, 6.45) is 6.29. The van der Waals surface area contributed by atoms with E-state index in [4.69, 9.17) is 10.2 Å². The Labute approximate surface area is 110 Å². The number of rotatable bonds is 6. The second-order valence-electron chi connectivity index (χ2n) is 5.18. The molecule has 3 heteroatoms. The monoisotopic (exact) mass is 250 g/mol. The van der Waals surface area contributed by atoms with Gasteiger partial charge in [0, 0.05) is 19.0 Å². The SMILES string of the molecule is CCc1ccc(C(CN)N(CC)C2CCCC2)o1. The third-order valence-electron chi connectivity index (χ3n) is 4.14. The fraction of sp³-hybridized carbons (Fsp3) is 0.733. The average Bonchev–Trinajstić information content (AvgIpc) is 3.06. The molecule has 1 unspecified atom stereocenters. The van der Waals surface area contributed by atoms with E-state index in [9.17, 15) is 0 Å². The van der Waals surface area contributed by atoms with Crippen molar-refractivity contribution in [3.63, 3.8) is 0 Å². The van der Waals surface area contributed by atoms with Crippen LogP contribution >= 0.6 is 0 Å². The van der Waals surface area contributed by atoms with Gasteiger partial charge in [-0.3, -0.25) is 4.90 Å². The third kappa shape index (κ3) is 2.78. The molecule has 0 aliphatic heterocycles. The fourth-order valence-electron chi connectivity index (χ4n) is 3.15. The quantitative estimate of drug-likeness (QED) is 0.843. The number of hydrogen-bond acceptors (Lipinski definition) is 3. The van der Waals surface area contributed by atoms with E-state index in [1.165, 1.54) is 25.7 Å². The van der Waals surface area contributed by atoms with Crippen molar-refractivity contribution in [2.75, 3.05) is 13.1 Å². The second-order valence-corrected chi connectivity index (χ2v) is 5.18. The Hall–Kier alpha value is -0.800. The molecule has 1 aromatic heterocycles. The van der Waals surface area contributed by atoms with Gasteiger partial charge in [0.05, 0.1) is 6.04 Å². The smallest absolute Gasteiger partial charge is 0.122 e. The zero-order valence-corrected chi connectivity index (χ0v) is 11.7. The highest BCUT2D eigenvalue weighted by molar-refractivity contribution is 5.12. The van der Waals surface area contributed by atoms with Crippen molar-refractivity contribution in [1.29, 1.82) is 0 Å². The van der Waals surface area contributed by atoms with Gasteiger partial charge in [0.25, 0.3) is 0 Å². The van der Waals surface area contributed by atoms with E-state index < -0.39 is 0 Å². The van der Waals surface area contributed by atoms with E-state index in [1.54, 1.807) is 0 Å². The topological polar surface area (TPSA) is 42.4 Å². The average molecular weight is 250 g/mol. The lowest BCUT2D eigenvalue weighted by molar-refractivity contribution is 0.129. The molecular weight excluding hydrogens is 224 g/mol. The molecule has 0 amide bonds. The summed E-state index contributed by atoms with van der Waals surface area (Å²) < 4.78 is 5.91. The van der Waals surface area contributed by atoms with Crippen LogP contribution in [0.3, 0.4) is 0 Å². The van der Waals surface area contributed by atoms with Gasteiger partial charge >= 0.3 is 0 Å². The Balaban J connectivity index is 2.14. The van der Waals surface area contributed by atoms with E-state index in [0.717, 1.165) is 24.5 Å². The number of nitrogens with two attached hydrogens (primary N) is 1. The van der Waals surface area contributed by atoms with Gasteiger partial charge in [-0.1, -0.05) is 26.7 Å². The summed E-state index contributed by atoms with van der Waals surface area (Å²) in [4.78, 5) is 2.53. The molecule has 0 saturated heterocycles. The van der Waals surface area contributed by atoms with Gasteiger partial charge in [-0.05, 0) is 31.5 Å². The van der Waals surface area contributed by atoms with Crippen LogP contribution in [0.2, 0.25) is 0 Å². The molecule has 1 aromatic rings. The molecule has 1 atom stereocenters.